The zero-order chi connectivity index (χ0) is 9.84. The molecule has 0 fully saturated rings. The fraction of sp³-hybridized carbons (Fsp3) is 0.500. The normalized spacial score (nSPS) is 12.8. The first kappa shape index (κ1) is 9.62. The van der Waals surface area contributed by atoms with Crippen LogP contribution in [0.15, 0.2) is 4.52 Å². The van der Waals surface area contributed by atoms with Crippen LogP contribution in [0.2, 0.25) is 0 Å². The Labute approximate surface area is 73.2 Å². The van der Waals surface area contributed by atoms with E-state index in [-0.39, 0.29) is 18.9 Å². The van der Waals surface area contributed by atoms with E-state index in [9.17, 15) is 9.90 Å². The molecule has 1 rings (SSSR count). The minimum absolute atomic E-state index is 0.122. The van der Waals surface area contributed by atoms with Crippen LogP contribution >= 0.6 is 0 Å². The quantitative estimate of drug-likeness (QED) is 0.561. The summed E-state index contributed by atoms with van der Waals surface area (Å²) in [6.45, 7) is 0.256. The first-order chi connectivity index (χ1) is 6.15. The van der Waals surface area contributed by atoms with Gasteiger partial charge in [-0.3, -0.25) is 0 Å². The Kier molecular flexibility index (Phi) is 2.93. The molecular formula is C6H9N3O4. The van der Waals surface area contributed by atoms with Crippen molar-refractivity contribution in [3.8, 4) is 0 Å². The molecule has 0 aromatic carbocycles. The number of rotatable bonds is 4. The van der Waals surface area contributed by atoms with Gasteiger partial charge in [0.05, 0.1) is 0 Å². The molecule has 0 radical (unpaired) electrons. The van der Waals surface area contributed by atoms with Gasteiger partial charge in [-0.05, 0) is 18.1 Å². The van der Waals surface area contributed by atoms with Gasteiger partial charge in [0.2, 0.25) is 0 Å². The van der Waals surface area contributed by atoms with Crippen molar-refractivity contribution < 1.29 is 19.5 Å². The van der Waals surface area contributed by atoms with Gasteiger partial charge >= 0.3 is 5.97 Å². The number of aromatic carboxylic acids is 1. The molecule has 0 aliphatic carbocycles. The molecule has 0 saturated carbocycles. The molecule has 1 atom stereocenters. The fourth-order valence-corrected chi connectivity index (χ4v) is 0.739. The molecule has 72 valence electrons. The summed E-state index contributed by atoms with van der Waals surface area (Å²) in [5.74, 6) is -1.89. The van der Waals surface area contributed by atoms with Crippen LogP contribution in [0.3, 0.4) is 0 Å². The Hall–Kier alpha value is -1.47. The molecule has 7 heteroatoms. The van der Waals surface area contributed by atoms with Gasteiger partial charge in [0.25, 0.3) is 11.7 Å². The lowest BCUT2D eigenvalue weighted by molar-refractivity contribution is 0.0680. The van der Waals surface area contributed by atoms with Gasteiger partial charge in [-0.2, -0.15) is 4.98 Å². The van der Waals surface area contributed by atoms with E-state index in [0.717, 1.165) is 0 Å². The molecule has 13 heavy (non-hydrogen) atoms. The zero-order valence-corrected chi connectivity index (χ0v) is 6.67. The van der Waals surface area contributed by atoms with Gasteiger partial charge in [0.1, 0.15) is 6.10 Å². The maximum Gasteiger partial charge on any atom is 0.377 e. The SMILES string of the molecule is NCC[C@H](O)c1nc(C(=O)O)no1. The molecule has 0 aliphatic rings. The van der Waals surface area contributed by atoms with Crippen LogP contribution < -0.4 is 5.73 Å². The zero-order valence-electron chi connectivity index (χ0n) is 6.67. The number of carboxylic acid groups (broad SMARTS) is 1. The van der Waals surface area contributed by atoms with Crippen LogP contribution in [-0.4, -0.2) is 32.9 Å². The lowest BCUT2D eigenvalue weighted by Gasteiger charge is -2.00. The van der Waals surface area contributed by atoms with E-state index in [1.54, 1.807) is 0 Å². The number of aromatic nitrogens is 2. The summed E-state index contributed by atoms with van der Waals surface area (Å²) in [4.78, 5) is 13.7. The van der Waals surface area contributed by atoms with E-state index in [0.29, 0.717) is 0 Å². The highest BCUT2D eigenvalue weighted by Crippen LogP contribution is 2.12. The maximum atomic E-state index is 10.3. The predicted molar refractivity (Wildman–Crippen MR) is 39.9 cm³/mol. The van der Waals surface area contributed by atoms with Crippen molar-refractivity contribution in [2.24, 2.45) is 5.73 Å². The first-order valence-corrected chi connectivity index (χ1v) is 3.60. The molecule has 0 aliphatic heterocycles. The van der Waals surface area contributed by atoms with E-state index in [2.05, 4.69) is 14.7 Å². The van der Waals surface area contributed by atoms with E-state index in [1.165, 1.54) is 0 Å². The molecule has 1 aromatic heterocycles. The molecule has 1 heterocycles. The summed E-state index contributed by atoms with van der Waals surface area (Å²) in [5, 5.41) is 20.8. The average Bonchev–Trinajstić information content (AvgIpc) is 2.52. The minimum atomic E-state index is -1.30. The number of hydrogen-bond donors (Lipinski definition) is 3. The Bertz CT molecular complexity index is 298. The van der Waals surface area contributed by atoms with Crippen molar-refractivity contribution >= 4 is 5.97 Å². The van der Waals surface area contributed by atoms with Crippen LogP contribution in [0, 0.1) is 0 Å². The third-order valence-electron chi connectivity index (χ3n) is 1.36. The monoisotopic (exact) mass is 187 g/mol. The van der Waals surface area contributed by atoms with Crippen LogP contribution in [0.25, 0.3) is 0 Å². The topological polar surface area (TPSA) is 122 Å². The number of carbonyl (C=O) groups is 1. The second-order valence-corrected chi connectivity index (χ2v) is 2.35. The van der Waals surface area contributed by atoms with Gasteiger partial charge < -0.3 is 20.5 Å². The van der Waals surface area contributed by atoms with Gasteiger partial charge in [-0.15, -0.1) is 0 Å². The third-order valence-corrected chi connectivity index (χ3v) is 1.36. The average molecular weight is 187 g/mol. The predicted octanol–water partition coefficient (Wildman–Crippen LogP) is -0.850. The number of aliphatic hydroxyl groups is 1. The van der Waals surface area contributed by atoms with Crippen molar-refractivity contribution in [2.75, 3.05) is 6.54 Å². The largest absolute Gasteiger partial charge is 0.475 e. The first-order valence-electron chi connectivity index (χ1n) is 3.60. The minimum Gasteiger partial charge on any atom is -0.475 e. The van der Waals surface area contributed by atoms with Crippen LogP contribution in [0.4, 0.5) is 0 Å². The highest BCUT2D eigenvalue weighted by Gasteiger charge is 2.18. The van der Waals surface area contributed by atoms with Gasteiger partial charge in [-0.1, -0.05) is 0 Å². The summed E-state index contributed by atoms with van der Waals surface area (Å²) in [7, 11) is 0. The number of nitrogens with two attached hydrogens (primary N) is 1. The van der Waals surface area contributed by atoms with Gasteiger partial charge in [0, 0.05) is 0 Å². The van der Waals surface area contributed by atoms with E-state index >= 15 is 0 Å². The number of hydrogen-bond acceptors (Lipinski definition) is 6. The molecule has 0 saturated heterocycles. The maximum absolute atomic E-state index is 10.3. The summed E-state index contributed by atoms with van der Waals surface area (Å²) in [5.41, 5.74) is 5.17. The third kappa shape index (κ3) is 2.23. The van der Waals surface area contributed by atoms with Crippen molar-refractivity contribution in [1.29, 1.82) is 0 Å². The molecule has 1 aromatic rings. The molecule has 0 spiro atoms. The van der Waals surface area contributed by atoms with Crippen molar-refractivity contribution in [1.82, 2.24) is 10.1 Å². The van der Waals surface area contributed by atoms with Gasteiger partial charge in [0.15, 0.2) is 0 Å². The molecule has 0 bridgehead atoms. The highest BCUT2D eigenvalue weighted by atomic mass is 16.5. The van der Waals surface area contributed by atoms with E-state index in [4.69, 9.17) is 10.8 Å². The summed E-state index contributed by atoms with van der Waals surface area (Å²) in [6.07, 6.45) is -0.744. The van der Waals surface area contributed by atoms with Crippen molar-refractivity contribution in [2.45, 2.75) is 12.5 Å². The van der Waals surface area contributed by atoms with E-state index < -0.39 is 17.9 Å². The Morgan fingerprint density at radius 1 is 1.69 bits per heavy atom. The second-order valence-electron chi connectivity index (χ2n) is 2.35. The van der Waals surface area contributed by atoms with Crippen LogP contribution in [0.5, 0.6) is 0 Å². The number of nitrogens with zero attached hydrogens (tertiary/aromatic N) is 2. The molecule has 7 nitrogen and oxygen atoms in total. The standard InChI is InChI=1S/C6H9N3O4/c7-2-1-3(10)5-8-4(6(11)12)9-13-5/h3,10H,1-2,7H2,(H,11,12)/t3-/m0/s1. The summed E-state index contributed by atoms with van der Waals surface area (Å²) >= 11 is 0. The highest BCUT2D eigenvalue weighted by molar-refractivity contribution is 5.82. The molecule has 0 amide bonds. The van der Waals surface area contributed by atoms with Crippen molar-refractivity contribution in [3.63, 3.8) is 0 Å². The fourth-order valence-electron chi connectivity index (χ4n) is 0.739. The Morgan fingerprint density at radius 3 is 2.85 bits per heavy atom. The van der Waals surface area contributed by atoms with Gasteiger partial charge in [-0.25, -0.2) is 4.79 Å². The second kappa shape index (κ2) is 3.97. The molecule has 4 N–H and O–H groups in total. The van der Waals surface area contributed by atoms with Crippen molar-refractivity contribution in [3.05, 3.63) is 11.7 Å². The summed E-state index contributed by atoms with van der Waals surface area (Å²) < 4.78 is 4.49. The lowest BCUT2D eigenvalue weighted by atomic mass is 10.2. The van der Waals surface area contributed by atoms with E-state index in [1.807, 2.05) is 0 Å². The van der Waals surface area contributed by atoms with Crippen LogP contribution in [0.1, 0.15) is 29.0 Å². The Morgan fingerprint density at radius 2 is 2.38 bits per heavy atom. The number of aliphatic hydroxyl groups excluding tert-OH is 1. The smallest absolute Gasteiger partial charge is 0.377 e. The Balaban J connectivity index is 2.73. The number of carboxylic acids is 1. The molecule has 0 unspecified atom stereocenters. The lowest BCUT2D eigenvalue weighted by Crippen LogP contribution is -2.07. The summed E-state index contributed by atoms with van der Waals surface area (Å²) in [6, 6.07) is 0. The van der Waals surface area contributed by atoms with Crippen LogP contribution in [-0.2, 0) is 0 Å². The molecular weight excluding hydrogens is 178 g/mol.